The van der Waals surface area contributed by atoms with Gasteiger partial charge in [-0.3, -0.25) is 0 Å². The van der Waals surface area contributed by atoms with Crippen LogP contribution in [0.5, 0.6) is 5.75 Å². The molecule has 1 aliphatic carbocycles. The van der Waals surface area contributed by atoms with E-state index in [4.69, 9.17) is 19.7 Å². The molecule has 0 radical (unpaired) electrons. The largest absolute Gasteiger partial charge is 0.472 e. The molecule has 7 aromatic carbocycles. The highest BCUT2D eigenvalue weighted by Crippen LogP contribution is 2.58. The minimum absolute atomic E-state index is 0.243. The average molecular weight is 700 g/mol. The van der Waals surface area contributed by atoms with E-state index in [1.807, 2.05) is 84.9 Å². The smallest absolute Gasteiger partial charge is 0.178 e. The molecule has 54 heavy (non-hydrogen) atoms. The second-order valence-electron chi connectivity index (χ2n) is 14.5. The Balaban J connectivity index is 1.14. The van der Waals surface area contributed by atoms with Crippen molar-refractivity contribution in [3.8, 4) is 51.0 Å². The summed E-state index contributed by atoms with van der Waals surface area (Å²) in [5.74, 6) is 2.29. The van der Waals surface area contributed by atoms with E-state index < -0.39 is 5.60 Å². The summed E-state index contributed by atoms with van der Waals surface area (Å²) < 4.78 is 21.9. The van der Waals surface area contributed by atoms with Crippen LogP contribution in [0.2, 0.25) is 0 Å². The maximum Gasteiger partial charge on any atom is 0.178 e. The lowest BCUT2D eigenvalue weighted by Gasteiger charge is -2.38. The predicted molar refractivity (Wildman–Crippen MR) is 214 cm³/mol. The molecule has 1 atom stereocenters. The Morgan fingerprint density at radius 3 is 1.63 bits per heavy atom. The molecule has 0 N–H and O–H groups in total. The van der Waals surface area contributed by atoms with Crippen molar-refractivity contribution in [1.29, 1.82) is 0 Å². The third-order valence-electron chi connectivity index (χ3n) is 11.0. The zero-order valence-electron chi connectivity index (χ0n) is 29.8. The number of aromatic nitrogens is 3. The highest BCUT2D eigenvalue weighted by atomic mass is 19.1. The van der Waals surface area contributed by atoms with Gasteiger partial charge in [-0.2, -0.15) is 0 Å². The van der Waals surface area contributed by atoms with Gasteiger partial charge in [-0.15, -0.1) is 0 Å². The maximum absolute atomic E-state index is 14.5. The van der Waals surface area contributed by atoms with Crippen molar-refractivity contribution in [3.05, 3.63) is 197 Å². The molecule has 10 rings (SSSR count). The molecule has 4 nitrogen and oxygen atoms in total. The molecule has 0 amide bonds. The summed E-state index contributed by atoms with van der Waals surface area (Å²) in [6.07, 6.45) is 4.36. The molecular formula is C49H34FN3O. The van der Waals surface area contributed by atoms with E-state index in [2.05, 4.69) is 86.7 Å². The first-order chi connectivity index (χ1) is 26.4. The van der Waals surface area contributed by atoms with Crippen molar-refractivity contribution < 1.29 is 9.13 Å². The Hall–Kier alpha value is -6.72. The maximum atomic E-state index is 14.5. The predicted octanol–water partition coefficient (Wildman–Crippen LogP) is 11.8. The van der Waals surface area contributed by atoms with Gasteiger partial charge in [-0.1, -0.05) is 166 Å². The first-order valence-electron chi connectivity index (χ1n) is 18.2. The monoisotopic (exact) mass is 699 g/mol. The van der Waals surface area contributed by atoms with Crippen LogP contribution in [-0.4, -0.2) is 15.0 Å². The zero-order chi connectivity index (χ0) is 36.4. The Morgan fingerprint density at radius 1 is 0.519 bits per heavy atom. The summed E-state index contributed by atoms with van der Waals surface area (Å²) in [4.78, 5) is 14.8. The number of rotatable bonds is 5. The first kappa shape index (κ1) is 32.0. The Bertz CT molecular complexity index is 2700. The summed E-state index contributed by atoms with van der Waals surface area (Å²) in [7, 11) is 0. The number of nitrogens with zero attached hydrogens (tertiary/aromatic N) is 3. The van der Waals surface area contributed by atoms with E-state index in [0.717, 1.165) is 49.9 Å². The van der Waals surface area contributed by atoms with E-state index in [-0.39, 0.29) is 11.2 Å². The van der Waals surface area contributed by atoms with Gasteiger partial charge in [0.05, 0.1) is 0 Å². The van der Waals surface area contributed by atoms with Crippen molar-refractivity contribution >= 4 is 16.8 Å². The standard InChI is InChI=1S/C49H34FN3O/c1-48(2)41-20-12-11-19-39(41)42-37-17-9-10-18-38(37)44-40(43(42)48)29-30-49(54-44,35-25-27-36(50)28-26-35)34-23-21-33(22-24-34)47-52-45(31-13-5-3-6-14-31)51-46(53-47)32-15-7-4-8-16-32/h3-30H,1-2H3. The topological polar surface area (TPSA) is 47.9 Å². The van der Waals surface area contributed by atoms with Gasteiger partial charge in [-0.25, -0.2) is 19.3 Å². The van der Waals surface area contributed by atoms with Crippen LogP contribution in [0.3, 0.4) is 0 Å². The summed E-state index contributed by atoms with van der Waals surface area (Å²) >= 11 is 0. The van der Waals surface area contributed by atoms with Gasteiger partial charge in [0.2, 0.25) is 0 Å². The Labute approximate surface area is 313 Å². The fourth-order valence-corrected chi connectivity index (χ4v) is 8.38. The number of fused-ring (bicyclic) bond motifs is 8. The lowest BCUT2D eigenvalue weighted by molar-refractivity contribution is 0.163. The van der Waals surface area contributed by atoms with Gasteiger partial charge in [0.1, 0.15) is 11.6 Å². The van der Waals surface area contributed by atoms with Crippen LogP contribution in [0.4, 0.5) is 4.39 Å². The molecule has 1 aliphatic heterocycles. The molecule has 0 fully saturated rings. The van der Waals surface area contributed by atoms with Crippen molar-refractivity contribution in [2.75, 3.05) is 0 Å². The highest BCUT2D eigenvalue weighted by Gasteiger charge is 2.44. The van der Waals surface area contributed by atoms with Crippen molar-refractivity contribution in [2.45, 2.75) is 24.9 Å². The third-order valence-corrected chi connectivity index (χ3v) is 11.0. The Morgan fingerprint density at radius 2 is 1.02 bits per heavy atom. The quantitative estimate of drug-likeness (QED) is 0.179. The van der Waals surface area contributed by atoms with Gasteiger partial charge in [0.15, 0.2) is 23.1 Å². The van der Waals surface area contributed by atoms with Crippen molar-refractivity contribution in [1.82, 2.24) is 15.0 Å². The van der Waals surface area contributed by atoms with E-state index in [1.165, 1.54) is 34.4 Å². The molecule has 2 heterocycles. The van der Waals surface area contributed by atoms with Gasteiger partial charge in [0.25, 0.3) is 0 Å². The molecule has 0 spiro atoms. The molecule has 258 valence electrons. The minimum atomic E-state index is -1.05. The van der Waals surface area contributed by atoms with Crippen LogP contribution in [0, 0.1) is 5.82 Å². The van der Waals surface area contributed by atoms with E-state index in [1.54, 1.807) is 0 Å². The zero-order valence-corrected chi connectivity index (χ0v) is 29.8. The molecule has 8 aromatic rings. The van der Waals surface area contributed by atoms with Crippen molar-refractivity contribution in [2.24, 2.45) is 0 Å². The molecule has 0 bridgehead atoms. The highest BCUT2D eigenvalue weighted by molar-refractivity contribution is 6.08. The summed E-state index contributed by atoms with van der Waals surface area (Å²) in [6, 6.07) is 52.0. The van der Waals surface area contributed by atoms with E-state index in [9.17, 15) is 4.39 Å². The molecule has 5 heteroatoms. The molecule has 2 aliphatic rings. The number of benzene rings is 7. The van der Waals surface area contributed by atoms with Crippen LogP contribution in [0.25, 0.3) is 62.1 Å². The third kappa shape index (κ3) is 4.92. The van der Waals surface area contributed by atoms with E-state index >= 15 is 0 Å². The Kier molecular flexibility index (Phi) is 7.21. The van der Waals surface area contributed by atoms with E-state index in [0.29, 0.717) is 17.5 Å². The lowest BCUT2D eigenvalue weighted by Crippen LogP contribution is -2.35. The fourth-order valence-electron chi connectivity index (χ4n) is 8.38. The number of hydrogen-bond donors (Lipinski definition) is 0. The number of hydrogen-bond acceptors (Lipinski definition) is 4. The molecule has 1 unspecified atom stereocenters. The SMILES string of the molecule is CC1(C)c2ccccc2-c2c1c1c(c3ccccc23)OC(c2ccc(F)cc2)(c2ccc(-c3nc(-c4ccccc4)nc(-c4ccccc4)n3)cc2)C=C1. The van der Waals surface area contributed by atoms with Gasteiger partial charge >= 0.3 is 0 Å². The van der Waals surface area contributed by atoms with Gasteiger partial charge in [0, 0.05) is 44.2 Å². The number of halogens is 1. The van der Waals surface area contributed by atoms with Crippen LogP contribution in [-0.2, 0) is 11.0 Å². The summed E-state index contributed by atoms with van der Waals surface area (Å²) in [5, 5.41) is 2.19. The second kappa shape index (κ2) is 12.2. The first-order valence-corrected chi connectivity index (χ1v) is 18.2. The summed E-state index contributed by atoms with van der Waals surface area (Å²) in [6.45, 7) is 4.60. The second-order valence-corrected chi connectivity index (χ2v) is 14.5. The van der Waals surface area contributed by atoms with Crippen LogP contribution >= 0.6 is 0 Å². The molecule has 1 aromatic heterocycles. The van der Waals surface area contributed by atoms with Crippen LogP contribution < -0.4 is 4.74 Å². The van der Waals surface area contributed by atoms with Crippen molar-refractivity contribution in [3.63, 3.8) is 0 Å². The molecule has 0 saturated heterocycles. The number of ether oxygens (including phenoxy) is 1. The van der Waals surface area contributed by atoms with Crippen LogP contribution in [0.15, 0.2) is 164 Å². The minimum Gasteiger partial charge on any atom is -0.472 e. The summed E-state index contributed by atoms with van der Waals surface area (Å²) in [5.41, 5.74) is 9.26. The lowest BCUT2D eigenvalue weighted by atomic mass is 9.77. The molecule has 0 saturated carbocycles. The van der Waals surface area contributed by atoms with Gasteiger partial charge < -0.3 is 4.74 Å². The average Bonchev–Trinajstić information content (AvgIpc) is 3.48. The van der Waals surface area contributed by atoms with Gasteiger partial charge in [-0.05, 0) is 45.8 Å². The van der Waals surface area contributed by atoms with Crippen LogP contribution in [0.1, 0.15) is 41.7 Å². The fraction of sp³-hybridized carbons (Fsp3) is 0.0816. The molecular weight excluding hydrogens is 666 g/mol. The normalized spacial score (nSPS) is 16.4.